The fourth-order valence-electron chi connectivity index (χ4n) is 1.96. The molecule has 0 aliphatic carbocycles. The summed E-state index contributed by atoms with van der Waals surface area (Å²) in [7, 11) is -8.84. The largest absolute Gasteiger partial charge is 1.00 e. The van der Waals surface area contributed by atoms with Crippen LogP contribution in [0.4, 0.5) is 0 Å². The zero-order valence-electron chi connectivity index (χ0n) is 18.9. The number of phosphoric ester groups is 1. The molecule has 0 aliphatic heterocycles. The number of carbonyl (C=O) groups excluding carboxylic acids is 1. The molecule has 3 N–H and O–H groups in total. The van der Waals surface area contributed by atoms with Crippen molar-refractivity contribution in [3.63, 3.8) is 0 Å². The Labute approximate surface area is 210 Å². The molecule has 0 aromatic rings. The Bertz CT molecular complexity index is 491. The SMILES string of the molecule is CCCCCCCCCCCCOP(=O)(O)OC(C)=O.O=S(=O)(O)O.[H-].[H-].[Na+].[Na+]. The molecular weight excluding hydrogens is 421 g/mol. The van der Waals surface area contributed by atoms with Crippen LogP contribution in [0, 0.1) is 0 Å². The molecule has 0 amide bonds. The minimum Gasteiger partial charge on any atom is -1.00 e. The predicted molar refractivity (Wildman–Crippen MR) is 95.8 cm³/mol. The smallest absolute Gasteiger partial charge is 1.00 e. The van der Waals surface area contributed by atoms with Crippen molar-refractivity contribution < 1.29 is 103 Å². The Morgan fingerprint density at radius 2 is 1.26 bits per heavy atom. The van der Waals surface area contributed by atoms with Gasteiger partial charge in [0.15, 0.2) is 0 Å². The second-order valence-corrected chi connectivity index (χ2v) is 7.79. The van der Waals surface area contributed by atoms with E-state index in [0.29, 0.717) is 6.42 Å². The van der Waals surface area contributed by atoms with Gasteiger partial charge in [-0.3, -0.25) is 23.3 Å². The summed E-state index contributed by atoms with van der Waals surface area (Å²) in [5, 5.41) is 0. The molecule has 13 heteroatoms. The van der Waals surface area contributed by atoms with Gasteiger partial charge in [-0.25, -0.2) is 4.57 Å². The number of unbranched alkanes of at least 4 members (excludes halogenated alkanes) is 9. The Morgan fingerprint density at radius 1 is 0.926 bits per heavy atom. The van der Waals surface area contributed by atoms with E-state index in [9.17, 15) is 9.36 Å². The molecule has 0 saturated heterocycles. The van der Waals surface area contributed by atoms with Crippen LogP contribution in [-0.4, -0.2) is 35.0 Å². The third-order valence-corrected chi connectivity index (χ3v) is 3.99. The number of carbonyl (C=O) groups is 1. The summed E-state index contributed by atoms with van der Waals surface area (Å²) in [4.78, 5) is 19.6. The first-order valence-electron chi connectivity index (χ1n) is 8.35. The molecule has 0 aromatic carbocycles. The Balaban J connectivity index is -0.000000131. The van der Waals surface area contributed by atoms with Gasteiger partial charge < -0.3 is 7.38 Å². The fraction of sp³-hybridized carbons (Fsp3) is 0.929. The van der Waals surface area contributed by atoms with Crippen LogP contribution in [0.25, 0.3) is 0 Å². The van der Waals surface area contributed by atoms with Crippen LogP contribution in [0.3, 0.4) is 0 Å². The quantitative estimate of drug-likeness (QED) is 0.126. The van der Waals surface area contributed by atoms with Crippen LogP contribution in [0.15, 0.2) is 0 Å². The predicted octanol–water partition coefficient (Wildman–Crippen LogP) is -1.83. The van der Waals surface area contributed by atoms with Crippen molar-refractivity contribution in [3.05, 3.63) is 0 Å². The van der Waals surface area contributed by atoms with Gasteiger partial charge in [-0.2, -0.15) is 8.42 Å². The van der Waals surface area contributed by atoms with Crippen LogP contribution in [0.5, 0.6) is 0 Å². The monoisotopic (exact) mass is 454 g/mol. The molecular formula is C14H33Na2O9PS. The standard InChI is InChI=1S/C14H29O5P.2Na.H2O4S.2H/c1-3-4-5-6-7-8-9-10-11-12-13-18-20(16,17)19-14(2)15;;;1-5(2,3)4;;/h3-13H2,1-2H3,(H,16,17);;;(H2,1,2,3,4);;/q;2*+1;;2*-1. The van der Waals surface area contributed by atoms with E-state index in [0.717, 1.165) is 19.8 Å². The van der Waals surface area contributed by atoms with Crippen LogP contribution in [-0.2, 0) is 28.8 Å². The molecule has 0 rings (SSSR count). The first-order valence-corrected chi connectivity index (χ1v) is 11.2. The molecule has 0 aromatic heterocycles. The van der Waals surface area contributed by atoms with Crippen molar-refractivity contribution in [1.29, 1.82) is 0 Å². The van der Waals surface area contributed by atoms with Gasteiger partial charge >= 0.3 is 83.3 Å². The van der Waals surface area contributed by atoms with Crippen molar-refractivity contribution in [2.24, 2.45) is 0 Å². The number of hydrogen-bond donors (Lipinski definition) is 3. The summed E-state index contributed by atoms with van der Waals surface area (Å²) in [5.41, 5.74) is 0. The van der Waals surface area contributed by atoms with Crippen molar-refractivity contribution in [1.82, 2.24) is 0 Å². The van der Waals surface area contributed by atoms with E-state index in [1.165, 1.54) is 44.9 Å². The zero-order chi connectivity index (χ0) is 19.8. The molecule has 0 radical (unpaired) electrons. The minimum atomic E-state index is -4.67. The molecule has 0 fully saturated rings. The van der Waals surface area contributed by atoms with Gasteiger partial charge in [0.05, 0.1) is 6.61 Å². The van der Waals surface area contributed by atoms with E-state index < -0.39 is 24.2 Å². The number of rotatable bonds is 13. The Kier molecular flexibility index (Phi) is 29.5. The fourth-order valence-corrected chi connectivity index (χ4v) is 2.70. The van der Waals surface area contributed by atoms with Gasteiger partial charge in [0, 0.05) is 6.92 Å². The molecule has 0 bridgehead atoms. The maximum atomic E-state index is 11.2. The van der Waals surface area contributed by atoms with E-state index in [2.05, 4.69) is 16.0 Å². The van der Waals surface area contributed by atoms with Crippen molar-refractivity contribution in [3.8, 4) is 0 Å². The van der Waals surface area contributed by atoms with Crippen molar-refractivity contribution >= 4 is 24.2 Å². The summed E-state index contributed by atoms with van der Waals surface area (Å²) >= 11 is 0. The second-order valence-electron chi connectivity index (χ2n) is 5.51. The van der Waals surface area contributed by atoms with E-state index >= 15 is 0 Å². The first-order chi connectivity index (χ1) is 11.5. The topological polar surface area (TPSA) is 147 Å². The molecule has 156 valence electrons. The molecule has 1 atom stereocenters. The van der Waals surface area contributed by atoms with Crippen molar-refractivity contribution in [2.45, 2.75) is 78.1 Å². The molecule has 0 aliphatic rings. The third-order valence-electron chi connectivity index (χ3n) is 3.00. The zero-order valence-corrected chi connectivity index (χ0v) is 22.6. The van der Waals surface area contributed by atoms with Gasteiger partial charge in [0.25, 0.3) is 0 Å². The normalized spacial score (nSPS) is 12.5. The van der Waals surface area contributed by atoms with Gasteiger partial charge in [-0.1, -0.05) is 64.7 Å². The third kappa shape index (κ3) is 42.5. The maximum absolute atomic E-state index is 11.2. The number of phosphoric acid groups is 1. The van der Waals surface area contributed by atoms with Gasteiger partial charge in [-0.15, -0.1) is 0 Å². The van der Waals surface area contributed by atoms with Gasteiger partial charge in [-0.05, 0) is 6.42 Å². The summed E-state index contributed by atoms with van der Waals surface area (Å²) < 4.78 is 51.6. The second kappa shape index (κ2) is 22.2. The van der Waals surface area contributed by atoms with Crippen LogP contribution >= 0.6 is 7.82 Å². The molecule has 0 heterocycles. The molecule has 1 unspecified atom stereocenters. The van der Waals surface area contributed by atoms with E-state index in [1.54, 1.807) is 0 Å². The average Bonchev–Trinajstić information content (AvgIpc) is 2.41. The Hall–Kier alpha value is 1.49. The molecule has 0 saturated carbocycles. The van der Waals surface area contributed by atoms with E-state index in [1.807, 2.05) is 0 Å². The molecule has 27 heavy (non-hydrogen) atoms. The Morgan fingerprint density at radius 3 is 1.59 bits per heavy atom. The van der Waals surface area contributed by atoms with Crippen LogP contribution < -0.4 is 59.1 Å². The van der Waals surface area contributed by atoms with Crippen LogP contribution in [0.2, 0.25) is 0 Å². The van der Waals surface area contributed by atoms with Gasteiger partial charge in [0.1, 0.15) is 0 Å². The molecule has 0 spiro atoms. The van der Waals surface area contributed by atoms with E-state index in [4.69, 9.17) is 22.4 Å². The molecule has 9 nitrogen and oxygen atoms in total. The maximum Gasteiger partial charge on any atom is 1.00 e. The summed E-state index contributed by atoms with van der Waals surface area (Å²) in [5.74, 6) is -0.807. The average molecular weight is 454 g/mol. The van der Waals surface area contributed by atoms with E-state index in [-0.39, 0.29) is 68.6 Å². The summed E-state index contributed by atoms with van der Waals surface area (Å²) in [6, 6.07) is 0. The van der Waals surface area contributed by atoms with Crippen molar-refractivity contribution in [2.75, 3.05) is 6.61 Å². The van der Waals surface area contributed by atoms with Gasteiger partial charge in [0.2, 0.25) is 0 Å². The summed E-state index contributed by atoms with van der Waals surface area (Å²) in [6.07, 6.45) is 11.8. The van der Waals surface area contributed by atoms with Crippen LogP contribution in [0.1, 0.15) is 80.9 Å². The minimum absolute atomic E-state index is 0. The first kappa shape index (κ1) is 35.9. The summed E-state index contributed by atoms with van der Waals surface area (Å²) in [6.45, 7) is 3.44. The number of hydrogen-bond acceptors (Lipinski definition) is 6.